The molecule has 1 fully saturated rings. The van der Waals surface area contributed by atoms with E-state index in [0.717, 1.165) is 6.07 Å². The van der Waals surface area contributed by atoms with Crippen molar-refractivity contribution < 1.29 is 14.4 Å². The molecule has 0 spiro atoms. The van der Waals surface area contributed by atoms with Gasteiger partial charge in [-0.05, 0) is 12.1 Å². The Hall–Kier alpha value is -1.73. The van der Waals surface area contributed by atoms with E-state index >= 15 is 0 Å². The Bertz CT molecular complexity index is 448. The molecular weight excluding hydrogens is 229 g/mol. The SMILES string of the molecule is O=[N+]([O-])c1c(F)cccc1NCC1(O)CNC1. The smallest absolute Gasteiger partial charge is 0.327 e. The molecule has 3 N–H and O–H groups in total. The molecule has 17 heavy (non-hydrogen) atoms. The van der Waals surface area contributed by atoms with E-state index in [9.17, 15) is 19.6 Å². The molecular formula is C10H12FN3O3. The number of anilines is 1. The van der Waals surface area contributed by atoms with Crippen molar-refractivity contribution in [3.05, 3.63) is 34.1 Å². The predicted molar refractivity (Wildman–Crippen MR) is 59.4 cm³/mol. The molecule has 0 aliphatic carbocycles. The number of hydrogen-bond donors (Lipinski definition) is 3. The number of nitro groups is 1. The van der Waals surface area contributed by atoms with Crippen LogP contribution in [0.15, 0.2) is 18.2 Å². The molecule has 1 aromatic carbocycles. The molecule has 0 saturated carbocycles. The van der Waals surface area contributed by atoms with Crippen LogP contribution in [0.4, 0.5) is 15.8 Å². The number of halogens is 1. The van der Waals surface area contributed by atoms with Gasteiger partial charge < -0.3 is 15.7 Å². The van der Waals surface area contributed by atoms with Gasteiger partial charge in [-0.3, -0.25) is 10.1 Å². The molecule has 0 bridgehead atoms. The molecule has 0 unspecified atom stereocenters. The molecule has 6 nitrogen and oxygen atoms in total. The van der Waals surface area contributed by atoms with E-state index in [1.54, 1.807) is 0 Å². The monoisotopic (exact) mass is 241 g/mol. The molecule has 1 heterocycles. The summed E-state index contributed by atoms with van der Waals surface area (Å²) < 4.78 is 13.3. The van der Waals surface area contributed by atoms with Crippen LogP contribution in [-0.2, 0) is 0 Å². The lowest BCUT2D eigenvalue weighted by molar-refractivity contribution is -0.386. The average molecular weight is 241 g/mol. The normalized spacial score (nSPS) is 17.3. The van der Waals surface area contributed by atoms with Crippen LogP contribution in [0.25, 0.3) is 0 Å². The minimum absolute atomic E-state index is 0.0790. The average Bonchev–Trinajstić information content (AvgIpc) is 2.23. The highest BCUT2D eigenvalue weighted by Gasteiger charge is 2.34. The van der Waals surface area contributed by atoms with Gasteiger partial charge in [0.25, 0.3) is 0 Å². The van der Waals surface area contributed by atoms with E-state index in [-0.39, 0.29) is 12.2 Å². The van der Waals surface area contributed by atoms with Crippen molar-refractivity contribution in [2.45, 2.75) is 5.60 Å². The number of nitrogens with one attached hydrogen (secondary N) is 2. The highest BCUT2D eigenvalue weighted by Crippen LogP contribution is 2.27. The second kappa shape index (κ2) is 4.27. The Morgan fingerprint density at radius 1 is 1.59 bits per heavy atom. The molecule has 1 aliphatic heterocycles. The van der Waals surface area contributed by atoms with E-state index in [0.29, 0.717) is 13.1 Å². The highest BCUT2D eigenvalue weighted by molar-refractivity contribution is 5.62. The second-order valence-electron chi connectivity index (χ2n) is 4.07. The number of benzene rings is 1. The van der Waals surface area contributed by atoms with Gasteiger partial charge in [0.05, 0.1) is 4.92 Å². The summed E-state index contributed by atoms with van der Waals surface area (Å²) in [6, 6.07) is 3.83. The lowest BCUT2D eigenvalue weighted by Crippen LogP contribution is -2.63. The van der Waals surface area contributed by atoms with Crippen LogP contribution >= 0.6 is 0 Å². The summed E-state index contributed by atoms with van der Waals surface area (Å²) in [5.74, 6) is -0.890. The first kappa shape index (κ1) is 11.7. The molecule has 1 saturated heterocycles. The molecule has 1 aromatic rings. The molecule has 0 radical (unpaired) electrons. The van der Waals surface area contributed by atoms with Gasteiger partial charge in [0.2, 0.25) is 5.82 Å². The Kier molecular flexibility index (Phi) is 2.95. The summed E-state index contributed by atoms with van der Waals surface area (Å²) in [4.78, 5) is 9.92. The maximum atomic E-state index is 13.3. The van der Waals surface area contributed by atoms with Gasteiger partial charge in [0, 0.05) is 19.6 Å². The fourth-order valence-electron chi connectivity index (χ4n) is 1.64. The van der Waals surface area contributed by atoms with Crippen molar-refractivity contribution in [2.24, 2.45) is 0 Å². The molecule has 0 atom stereocenters. The number of hydrogen-bond acceptors (Lipinski definition) is 5. The molecule has 2 rings (SSSR count). The van der Waals surface area contributed by atoms with Crippen molar-refractivity contribution in [1.82, 2.24) is 5.32 Å². The highest BCUT2D eigenvalue weighted by atomic mass is 19.1. The van der Waals surface area contributed by atoms with Gasteiger partial charge in [-0.15, -0.1) is 0 Å². The van der Waals surface area contributed by atoms with Gasteiger partial charge in [-0.2, -0.15) is 4.39 Å². The summed E-state index contributed by atoms with van der Waals surface area (Å²) >= 11 is 0. The largest absolute Gasteiger partial charge is 0.385 e. The maximum absolute atomic E-state index is 13.3. The van der Waals surface area contributed by atoms with E-state index in [4.69, 9.17) is 0 Å². The third kappa shape index (κ3) is 2.34. The summed E-state index contributed by atoms with van der Waals surface area (Å²) in [5, 5.41) is 26.1. The Labute approximate surface area is 96.6 Å². The quantitative estimate of drug-likeness (QED) is 0.527. The molecule has 7 heteroatoms. The molecule has 92 valence electrons. The zero-order valence-corrected chi connectivity index (χ0v) is 8.94. The van der Waals surface area contributed by atoms with Gasteiger partial charge in [0.15, 0.2) is 0 Å². The topological polar surface area (TPSA) is 87.4 Å². The first-order valence-corrected chi connectivity index (χ1v) is 5.12. The minimum atomic E-state index is -0.916. The van der Waals surface area contributed by atoms with E-state index < -0.39 is 22.0 Å². The number of aliphatic hydroxyl groups is 1. The lowest BCUT2D eigenvalue weighted by Gasteiger charge is -2.37. The summed E-state index contributed by atoms with van der Waals surface area (Å²) in [7, 11) is 0. The van der Waals surface area contributed by atoms with Crippen LogP contribution in [0.3, 0.4) is 0 Å². The second-order valence-corrected chi connectivity index (χ2v) is 4.07. The van der Waals surface area contributed by atoms with E-state index in [1.165, 1.54) is 12.1 Å². The fourth-order valence-corrected chi connectivity index (χ4v) is 1.64. The minimum Gasteiger partial charge on any atom is -0.385 e. The lowest BCUT2D eigenvalue weighted by atomic mass is 9.97. The Morgan fingerprint density at radius 3 is 2.82 bits per heavy atom. The van der Waals surface area contributed by atoms with Crippen LogP contribution < -0.4 is 10.6 Å². The summed E-state index contributed by atoms with van der Waals surface area (Å²) in [5.41, 5.74) is -1.43. The fraction of sp³-hybridized carbons (Fsp3) is 0.400. The van der Waals surface area contributed by atoms with E-state index in [1.807, 2.05) is 0 Å². The van der Waals surface area contributed by atoms with E-state index in [2.05, 4.69) is 10.6 Å². The number of rotatable bonds is 4. The zero-order chi connectivity index (χ0) is 12.5. The first-order chi connectivity index (χ1) is 8.02. The Morgan fingerprint density at radius 2 is 2.29 bits per heavy atom. The van der Waals surface area contributed by atoms with Crippen LogP contribution in [0.1, 0.15) is 0 Å². The van der Waals surface area contributed by atoms with Gasteiger partial charge >= 0.3 is 5.69 Å². The standard InChI is InChI=1S/C10H12FN3O3/c11-7-2-1-3-8(9(7)14(16)17)13-6-10(15)4-12-5-10/h1-3,12-13,15H,4-6H2. The third-order valence-electron chi connectivity index (χ3n) is 2.69. The first-order valence-electron chi connectivity index (χ1n) is 5.12. The number of para-hydroxylation sites is 1. The van der Waals surface area contributed by atoms with Crippen molar-refractivity contribution in [3.8, 4) is 0 Å². The maximum Gasteiger partial charge on any atom is 0.327 e. The van der Waals surface area contributed by atoms with Crippen LogP contribution in [0, 0.1) is 15.9 Å². The Balaban J connectivity index is 2.15. The van der Waals surface area contributed by atoms with Gasteiger partial charge in [-0.1, -0.05) is 6.07 Å². The van der Waals surface area contributed by atoms with Crippen molar-refractivity contribution >= 4 is 11.4 Å². The number of nitrogens with zero attached hydrogens (tertiary/aromatic N) is 1. The van der Waals surface area contributed by atoms with Crippen molar-refractivity contribution in [3.63, 3.8) is 0 Å². The van der Waals surface area contributed by atoms with Crippen LogP contribution in [0.2, 0.25) is 0 Å². The number of β-amino-alcohol motifs (C(OH)–C–C–N with tert-alkyl or cyclic N) is 1. The zero-order valence-electron chi connectivity index (χ0n) is 8.94. The van der Waals surface area contributed by atoms with Gasteiger partial charge in [-0.25, -0.2) is 0 Å². The van der Waals surface area contributed by atoms with Crippen molar-refractivity contribution in [1.29, 1.82) is 0 Å². The third-order valence-corrected chi connectivity index (χ3v) is 2.69. The molecule has 0 aromatic heterocycles. The number of nitro benzene ring substituents is 1. The van der Waals surface area contributed by atoms with Crippen molar-refractivity contribution in [2.75, 3.05) is 25.0 Å². The summed E-state index contributed by atoms with van der Waals surface area (Å²) in [6.45, 7) is 0.983. The molecule has 0 amide bonds. The molecule has 1 aliphatic rings. The predicted octanol–water partition coefficient (Wildman–Crippen LogP) is 0.480. The summed E-state index contributed by atoms with van der Waals surface area (Å²) in [6.07, 6.45) is 0. The van der Waals surface area contributed by atoms with Gasteiger partial charge in [0.1, 0.15) is 11.3 Å². The van der Waals surface area contributed by atoms with Crippen LogP contribution in [-0.4, -0.2) is 35.3 Å². The van der Waals surface area contributed by atoms with Crippen LogP contribution in [0.5, 0.6) is 0 Å².